The van der Waals surface area contributed by atoms with E-state index in [1.165, 1.54) is 16.7 Å². The monoisotopic (exact) mass is 346 g/mol. The van der Waals surface area contributed by atoms with Gasteiger partial charge in [-0.25, -0.2) is 4.98 Å². The van der Waals surface area contributed by atoms with Gasteiger partial charge in [-0.1, -0.05) is 54.6 Å². The summed E-state index contributed by atoms with van der Waals surface area (Å²) in [6.07, 6.45) is 4.04. The predicted octanol–water partition coefficient (Wildman–Crippen LogP) is 3.23. The number of aromatic nitrogens is 2. The van der Waals surface area contributed by atoms with Gasteiger partial charge in [-0.05, 0) is 23.6 Å². The quantitative estimate of drug-likeness (QED) is 0.770. The highest BCUT2D eigenvalue weighted by Crippen LogP contribution is 2.30. The second-order valence-corrected chi connectivity index (χ2v) is 6.94. The van der Waals surface area contributed by atoms with Gasteiger partial charge < -0.3 is 9.88 Å². The van der Waals surface area contributed by atoms with Gasteiger partial charge in [0, 0.05) is 45.1 Å². The summed E-state index contributed by atoms with van der Waals surface area (Å²) in [6.45, 7) is 7.19. The minimum atomic E-state index is 0.192. The molecule has 1 saturated heterocycles. The molecule has 4 nitrogen and oxygen atoms in total. The molecule has 3 aromatic rings. The third-order valence-electron chi connectivity index (χ3n) is 5.19. The fraction of sp³-hybridized carbons (Fsp3) is 0.318. The molecule has 1 aliphatic heterocycles. The summed E-state index contributed by atoms with van der Waals surface area (Å²) in [5, 5.41) is 3.47. The maximum atomic E-state index is 4.81. The number of rotatable bonds is 5. The molecule has 1 fully saturated rings. The summed E-state index contributed by atoms with van der Waals surface area (Å²) in [4.78, 5) is 7.36. The van der Waals surface area contributed by atoms with Crippen LogP contribution in [0, 0.1) is 6.92 Å². The maximum absolute atomic E-state index is 4.81. The highest BCUT2D eigenvalue weighted by Gasteiger charge is 2.28. The van der Waals surface area contributed by atoms with Crippen molar-refractivity contribution in [3.63, 3.8) is 0 Å². The fourth-order valence-corrected chi connectivity index (χ4v) is 3.82. The van der Waals surface area contributed by atoms with Gasteiger partial charge >= 0.3 is 0 Å². The largest absolute Gasteiger partial charge is 0.329 e. The smallest absolute Gasteiger partial charge is 0.131 e. The fourth-order valence-electron chi connectivity index (χ4n) is 3.82. The predicted molar refractivity (Wildman–Crippen MR) is 105 cm³/mol. The molecule has 1 N–H and O–H groups in total. The highest BCUT2D eigenvalue weighted by atomic mass is 15.2. The lowest BCUT2D eigenvalue weighted by Crippen LogP contribution is -2.46. The molecule has 4 heteroatoms. The van der Waals surface area contributed by atoms with Gasteiger partial charge in [0.1, 0.15) is 5.82 Å². The van der Waals surface area contributed by atoms with Gasteiger partial charge in [-0.3, -0.25) is 4.90 Å². The average Bonchev–Trinajstić information content (AvgIpc) is 3.13. The van der Waals surface area contributed by atoms with Crippen molar-refractivity contribution in [3.05, 3.63) is 89.5 Å². The van der Waals surface area contributed by atoms with E-state index in [2.05, 4.69) is 82.5 Å². The van der Waals surface area contributed by atoms with Gasteiger partial charge in [0.25, 0.3) is 0 Å². The molecular formula is C22H26N4. The molecule has 0 amide bonds. The molecular weight excluding hydrogens is 320 g/mol. The molecule has 0 bridgehead atoms. The molecule has 2 heterocycles. The van der Waals surface area contributed by atoms with Crippen LogP contribution >= 0.6 is 0 Å². The van der Waals surface area contributed by atoms with Crippen LogP contribution in [0.1, 0.15) is 28.6 Å². The Labute approximate surface area is 155 Å². The van der Waals surface area contributed by atoms with E-state index in [1.54, 1.807) is 0 Å². The van der Waals surface area contributed by atoms with Gasteiger partial charge in [0.15, 0.2) is 0 Å². The summed E-state index contributed by atoms with van der Waals surface area (Å²) in [7, 11) is 0. The lowest BCUT2D eigenvalue weighted by Gasteiger charge is -2.35. The Hall–Kier alpha value is -2.43. The summed E-state index contributed by atoms with van der Waals surface area (Å²) < 4.78 is 2.30. The zero-order valence-electron chi connectivity index (χ0n) is 15.3. The van der Waals surface area contributed by atoms with E-state index in [4.69, 9.17) is 4.98 Å². The second-order valence-electron chi connectivity index (χ2n) is 6.94. The van der Waals surface area contributed by atoms with Crippen LogP contribution < -0.4 is 5.32 Å². The van der Waals surface area contributed by atoms with Crippen molar-refractivity contribution in [2.75, 3.05) is 26.2 Å². The van der Waals surface area contributed by atoms with Crippen LogP contribution in [0.4, 0.5) is 0 Å². The Morgan fingerprint density at radius 2 is 1.73 bits per heavy atom. The first-order valence-corrected chi connectivity index (χ1v) is 9.38. The minimum Gasteiger partial charge on any atom is -0.329 e. The molecule has 4 rings (SSSR count). The topological polar surface area (TPSA) is 33.1 Å². The van der Waals surface area contributed by atoms with E-state index >= 15 is 0 Å². The Kier molecular flexibility index (Phi) is 5.14. The van der Waals surface area contributed by atoms with Crippen molar-refractivity contribution >= 4 is 0 Å². The number of hydrogen-bond donors (Lipinski definition) is 1. The zero-order valence-corrected chi connectivity index (χ0v) is 15.3. The third-order valence-corrected chi connectivity index (χ3v) is 5.19. The van der Waals surface area contributed by atoms with E-state index in [9.17, 15) is 0 Å². The molecule has 1 aliphatic rings. The van der Waals surface area contributed by atoms with Crippen LogP contribution in [0.25, 0.3) is 0 Å². The van der Waals surface area contributed by atoms with E-state index in [0.717, 1.165) is 38.5 Å². The molecule has 0 spiro atoms. The first kappa shape index (κ1) is 17.0. The number of aryl methyl sites for hydroxylation is 1. The first-order valence-electron chi connectivity index (χ1n) is 9.38. The molecule has 0 radical (unpaired) electrons. The van der Waals surface area contributed by atoms with Crippen molar-refractivity contribution in [2.24, 2.45) is 0 Å². The van der Waals surface area contributed by atoms with Gasteiger partial charge in [0.05, 0.1) is 6.04 Å². The molecule has 0 saturated carbocycles. The lowest BCUT2D eigenvalue weighted by atomic mass is 9.98. The summed E-state index contributed by atoms with van der Waals surface area (Å²) in [5.41, 5.74) is 3.98. The summed E-state index contributed by atoms with van der Waals surface area (Å²) >= 11 is 0. The Balaban J connectivity index is 1.73. The van der Waals surface area contributed by atoms with Crippen LogP contribution in [0.2, 0.25) is 0 Å². The molecule has 2 aromatic carbocycles. The van der Waals surface area contributed by atoms with Crippen molar-refractivity contribution < 1.29 is 0 Å². The van der Waals surface area contributed by atoms with Gasteiger partial charge in [0.2, 0.25) is 0 Å². The highest BCUT2D eigenvalue weighted by molar-refractivity contribution is 5.33. The van der Waals surface area contributed by atoms with Crippen LogP contribution in [-0.4, -0.2) is 40.6 Å². The lowest BCUT2D eigenvalue weighted by molar-refractivity contribution is 0.189. The molecule has 0 aliphatic carbocycles. The van der Waals surface area contributed by atoms with Crippen molar-refractivity contribution in [3.8, 4) is 0 Å². The minimum absolute atomic E-state index is 0.192. The van der Waals surface area contributed by atoms with Crippen LogP contribution in [0.5, 0.6) is 0 Å². The summed E-state index contributed by atoms with van der Waals surface area (Å²) in [6, 6.07) is 19.5. The van der Waals surface area contributed by atoms with Crippen LogP contribution in [-0.2, 0) is 6.54 Å². The Morgan fingerprint density at radius 3 is 2.50 bits per heavy atom. The molecule has 134 valence electrons. The van der Waals surface area contributed by atoms with Crippen LogP contribution in [0.3, 0.4) is 0 Å². The molecule has 1 unspecified atom stereocenters. The van der Waals surface area contributed by atoms with Crippen molar-refractivity contribution in [2.45, 2.75) is 19.5 Å². The SMILES string of the molecule is Cc1ccccc1C(c1nccn1Cc1ccccc1)N1CCNCC1. The average molecular weight is 346 g/mol. The Bertz CT molecular complexity index is 834. The van der Waals surface area contributed by atoms with E-state index < -0.39 is 0 Å². The van der Waals surface area contributed by atoms with E-state index in [0.29, 0.717) is 0 Å². The number of piperazine rings is 1. The van der Waals surface area contributed by atoms with Gasteiger partial charge in [-0.2, -0.15) is 0 Å². The Morgan fingerprint density at radius 1 is 1.00 bits per heavy atom. The third kappa shape index (κ3) is 3.57. The van der Waals surface area contributed by atoms with E-state index in [1.807, 2.05) is 6.20 Å². The number of imidazole rings is 1. The molecule has 1 atom stereocenters. The van der Waals surface area contributed by atoms with E-state index in [-0.39, 0.29) is 6.04 Å². The number of benzene rings is 2. The normalized spacial score (nSPS) is 16.5. The van der Waals surface area contributed by atoms with Crippen molar-refractivity contribution in [1.82, 2.24) is 19.8 Å². The van der Waals surface area contributed by atoms with Gasteiger partial charge in [-0.15, -0.1) is 0 Å². The number of hydrogen-bond acceptors (Lipinski definition) is 3. The molecule has 1 aromatic heterocycles. The maximum Gasteiger partial charge on any atom is 0.131 e. The number of nitrogens with one attached hydrogen (secondary N) is 1. The van der Waals surface area contributed by atoms with Crippen LogP contribution in [0.15, 0.2) is 67.0 Å². The second kappa shape index (κ2) is 7.85. The van der Waals surface area contributed by atoms with Crippen molar-refractivity contribution in [1.29, 1.82) is 0 Å². The number of nitrogens with zero attached hydrogens (tertiary/aromatic N) is 3. The first-order chi connectivity index (χ1) is 12.8. The molecule has 26 heavy (non-hydrogen) atoms. The summed E-state index contributed by atoms with van der Waals surface area (Å²) in [5.74, 6) is 1.13. The zero-order chi connectivity index (χ0) is 17.8. The standard InChI is InChI=1S/C22H26N4/c1-18-7-5-6-10-20(18)21(25-14-11-23-12-15-25)22-24-13-16-26(22)17-19-8-3-2-4-9-19/h2-10,13,16,21,23H,11-12,14-15,17H2,1H3.